The predicted octanol–water partition coefficient (Wildman–Crippen LogP) is 3.84. The average Bonchev–Trinajstić information content (AvgIpc) is 2.91. The van der Waals surface area contributed by atoms with Gasteiger partial charge in [0.1, 0.15) is 11.4 Å². The first kappa shape index (κ1) is 28.7. The van der Waals surface area contributed by atoms with Gasteiger partial charge in [0.25, 0.3) is 5.56 Å². The van der Waals surface area contributed by atoms with Gasteiger partial charge in [0.2, 0.25) is 11.8 Å². The van der Waals surface area contributed by atoms with Crippen molar-refractivity contribution in [1.82, 2.24) is 20.0 Å². The van der Waals surface area contributed by atoms with E-state index in [-0.39, 0.29) is 30.0 Å². The number of hydrogen-bond donors (Lipinski definition) is 2. The molecule has 212 valence electrons. The third kappa shape index (κ3) is 7.43. The van der Waals surface area contributed by atoms with Crippen molar-refractivity contribution in [2.24, 2.45) is 0 Å². The lowest BCUT2D eigenvalue weighted by Gasteiger charge is -2.35. The van der Waals surface area contributed by atoms with E-state index < -0.39 is 23.4 Å². The van der Waals surface area contributed by atoms with Crippen LogP contribution in [0, 0.1) is 5.82 Å². The van der Waals surface area contributed by atoms with Crippen molar-refractivity contribution in [3.05, 3.63) is 69.9 Å². The Labute approximate surface area is 231 Å². The first-order valence-electron chi connectivity index (χ1n) is 13.3. The second-order valence-electron chi connectivity index (χ2n) is 10.8. The van der Waals surface area contributed by atoms with Crippen molar-refractivity contribution in [1.29, 1.82) is 0 Å². The van der Waals surface area contributed by atoms with Crippen molar-refractivity contribution < 1.29 is 23.5 Å². The van der Waals surface area contributed by atoms with Gasteiger partial charge in [-0.25, -0.2) is 14.3 Å². The number of aromatic nitrogens is 2. The normalized spacial score (nSPS) is 13.8. The predicted molar refractivity (Wildman–Crippen MR) is 148 cm³/mol. The SMILES string of the molecule is CC(C)(C)OC(=O)N1CCN(C(=O)CCCC(=O)Nc2cc(Cc3n[nH]c(=O)c4ccccc34)ccc2F)CC1. The number of nitrogens with zero attached hydrogens (tertiary/aromatic N) is 3. The minimum atomic E-state index is -0.579. The molecule has 3 amide bonds. The van der Waals surface area contributed by atoms with Gasteiger partial charge in [-0.2, -0.15) is 5.10 Å². The minimum Gasteiger partial charge on any atom is -0.444 e. The molecule has 10 nitrogen and oxygen atoms in total. The number of anilines is 1. The Morgan fingerprint density at radius 3 is 2.38 bits per heavy atom. The van der Waals surface area contributed by atoms with Crippen LogP contribution < -0.4 is 10.9 Å². The first-order chi connectivity index (χ1) is 19.0. The number of amides is 3. The van der Waals surface area contributed by atoms with E-state index in [1.54, 1.807) is 60.9 Å². The molecular weight excluding hydrogens is 517 g/mol. The van der Waals surface area contributed by atoms with E-state index in [0.29, 0.717) is 61.1 Å². The summed E-state index contributed by atoms with van der Waals surface area (Å²) in [7, 11) is 0. The van der Waals surface area contributed by atoms with Gasteiger partial charge in [-0.1, -0.05) is 24.3 Å². The molecule has 40 heavy (non-hydrogen) atoms. The highest BCUT2D eigenvalue weighted by molar-refractivity contribution is 5.91. The van der Waals surface area contributed by atoms with Crippen LogP contribution in [0.4, 0.5) is 14.9 Å². The summed E-state index contributed by atoms with van der Waals surface area (Å²) in [5, 5.41) is 10.5. The highest BCUT2D eigenvalue weighted by Crippen LogP contribution is 2.21. The van der Waals surface area contributed by atoms with E-state index in [0.717, 1.165) is 0 Å². The van der Waals surface area contributed by atoms with E-state index >= 15 is 0 Å². The van der Waals surface area contributed by atoms with Crippen molar-refractivity contribution in [2.75, 3.05) is 31.5 Å². The quantitative estimate of drug-likeness (QED) is 0.460. The maximum absolute atomic E-state index is 14.5. The number of benzene rings is 2. The van der Waals surface area contributed by atoms with Gasteiger partial charge >= 0.3 is 6.09 Å². The lowest BCUT2D eigenvalue weighted by Crippen LogP contribution is -2.51. The van der Waals surface area contributed by atoms with Crippen LogP contribution in [0.3, 0.4) is 0 Å². The molecule has 0 atom stereocenters. The number of ether oxygens (including phenoxy) is 1. The zero-order valence-corrected chi connectivity index (χ0v) is 23.0. The zero-order valence-electron chi connectivity index (χ0n) is 23.0. The fraction of sp³-hybridized carbons (Fsp3) is 0.414. The van der Waals surface area contributed by atoms with Crippen molar-refractivity contribution in [3.8, 4) is 0 Å². The summed E-state index contributed by atoms with van der Waals surface area (Å²) in [6, 6.07) is 11.5. The molecule has 0 saturated carbocycles. The number of carbonyl (C=O) groups excluding carboxylic acids is 3. The Balaban J connectivity index is 1.26. The van der Waals surface area contributed by atoms with E-state index in [1.165, 1.54) is 6.07 Å². The monoisotopic (exact) mass is 551 g/mol. The maximum Gasteiger partial charge on any atom is 0.410 e. The van der Waals surface area contributed by atoms with Gasteiger partial charge < -0.3 is 19.9 Å². The molecule has 0 spiro atoms. The number of nitrogens with one attached hydrogen (secondary N) is 2. The molecule has 1 aromatic heterocycles. The summed E-state index contributed by atoms with van der Waals surface area (Å²) in [6.07, 6.45) is 0.477. The molecule has 2 N–H and O–H groups in total. The summed E-state index contributed by atoms with van der Waals surface area (Å²) < 4.78 is 19.8. The largest absolute Gasteiger partial charge is 0.444 e. The third-order valence-electron chi connectivity index (χ3n) is 6.53. The molecule has 2 heterocycles. The van der Waals surface area contributed by atoms with Gasteiger partial charge in [-0.3, -0.25) is 14.4 Å². The van der Waals surface area contributed by atoms with E-state index in [4.69, 9.17) is 4.74 Å². The molecule has 1 aliphatic rings. The van der Waals surface area contributed by atoms with Crippen LogP contribution in [0.25, 0.3) is 10.8 Å². The molecule has 11 heteroatoms. The summed E-state index contributed by atoms with van der Waals surface area (Å²) in [6.45, 7) is 7.00. The highest BCUT2D eigenvalue weighted by atomic mass is 19.1. The van der Waals surface area contributed by atoms with Crippen LogP contribution in [0.1, 0.15) is 51.3 Å². The van der Waals surface area contributed by atoms with E-state index in [2.05, 4.69) is 15.5 Å². The third-order valence-corrected chi connectivity index (χ3v) is 6.53. The summed E-state index contributed by atoms with van der Waals surface area (Å²) >= 11 is 0. The zero-order chi connectivity index (χ0) is 28.9. The number of hydrogen-bond acceptors (Lipinski definition) is 6. The van der Waals surface area contributed by atoms with E-state index in [1.807, 2.05) is 6.07 Å². The summed E-state index contributed by atoms with van der Waals surface area (Å²) in [4.78, 5) is 52.6. The average molecular weight is 552 g/mol. The molecule has 1 saturated heterocycles. The Morgan fingerprint density at radius 2 is 1.68 bits per heavy atom. The fourth-order valence-electron chi connectivity index (χ4n) is 4.51. The molecule has 0 unspecified atom stereocenters. The standard InChI is InChI=1S/C29H34FN5O5/c1-29(2,3)40-28(39)35-15-13-34(14-16-35)26(37)10-6-9-25(36)31-24-18-19(11-12-22(24)30)17-23-20-7-4-5-8-21(20)27(38)33-32-23/h4-5,7-8,11-12,18H,6,9-10,13-17H2,1-3H3,(H,31,36)(H,33,38). The maximum atomic E-state index is 14.5. The number of H-pyrrole nitrogens is 1. The second-order valence-corrected chi connectivity index (χ2v) is 10.8. The molecular formula is C29H34FN5O5. The molecule has 0 bridgehead atoms. The molecule has 4 rings (SSSR count). The van der Waals surface area contributed by atoms with Crippen LogP contribution >= 0.6 is 0 Å². The number of carbonyl (C=O) groups is 3. The van der Waals surface area contributed by atoms with Crippen molar-refractivity contribution in [3.63, 3.8) is 0 Å². The van der Waals surface area contributed by atoms with Crippen LogP contribution in [0.2, 0.25) is 0 Å². The fourth-order valence-corrected chi connectivity index (χ4v) is 4.51. The second kappa shape index (κ2) is 12.3. The summed E-state index contributed by atoms with van der Waals surface area (Å²) in [5.74, 6) is -1.06. The number of rotatable bonds is 7. The van der Waals surface area contributed by atoms with Gasteiger partial charge in [-0.15, -0.1) is 0 Å². The number of aromatic amines is 1. The Hall–Kier alpha value is -4.28. The van der Waals surface area contributed by atoms with Crippen LogP contribution in [0.15, 0.2) is 47.3 Å². The van der Waals surface area contributed by atoms with Gasteiger partial charge in [0, 0.05) is 50.8 Å². The van der Waals surface area contributed by atoms with Crippen LogP contribution in [0.5, 0.6) is 0 Å². The summed E-state index contributed by atoms with van der Waals surface area (Å²) in [5.41, 5.74) is 0.519. The van der Waals surface area contributed by atoms with Gasteiger partial charge in [0.15, 0.2) is 0 Å². The highest BCUT2D eigenvalue weighted by Gasteiger charge is 2.27. The van der Waals surface area contributed by atoms with Crippen LogP contribution in [-0.2, 0) is 20.7 Å². The number of piperazine rings is 1. The van der Waals surface area contributed by atoms with Crippen LogP contribution in [-0.4, -0.2) is 69.7 Å². The molecule has 2 aromatic carbocycles. The Kier molecular flexibility index (Phi) is 8.81. The Bertz CT molecular complexity index is 1460. The van der Waals surface area contributed by atoms with Gasteiger partial charge in [0.05, 0.1) is 16.8 Å². The molecule has 1 aliphatic heterocycles. The minimum absolute atomic E-state index is 0.0424. The first-order valence-corrected chi connectivity index (χ1v) is 13.3. The molecule has 0 aliphatic carbocycles. The number of halogens is 1. The lowest BCUT2D eigenvalue weighted by atomic mass is 10.0. The molecule has 1 fully saturated rings. The number of fused-ring (bicyclic) bond motifs is 1. The molecule has 0 radical (unpaired) electrons. The Morgan fingerprint density at radius 1 is 1.00 bits per heavy atom. The van der Waals surface area contributed by atoms with Crippen molar-refractivity contribution >= 4 is 34.4 Å². The smallest absolute Gasteiger partial charge is 0.410 e. The lowest BCUT2D eigenvalue weighted by molar-refractivity contribution is -0.133. The van der Waals surface area contributed by atoms with Gasteiger partial charge in [-0.05, 0) is 51.0 Å². The topological polar surface area (TPSA) is 125 Å². The molecule has 3 aromatic rings. The van der Waals surface area contributed by atoms with E-state index in [9.17, 15) is 23.6 Å². The van der Waals surface area contributed by atoms with Crippen molar-refractivity contribution in [2.45, 2.75) is 52.1 Å².